The van der Waals surface area contributed by atoms with E-state index in [1.807, 2.05) is 27.7 Å². The highest BCUT2D eigenvalue weighted by Crippen LogP contribution is 2.70. The van der Waals surface area contributed by atoms with E-state index in [1.54, 1.807) is 0 Å². The number of fused-ring (bicyclic) bond motifs is 5. The molecule has 4 aliphatic carbocycles. The van der Waals surface area contributed by atoms with Gasteiger partial charge < -0.3 is 30.6 Å². The lowest BCUT2D eigenvalue weighted by Gasteiger charge is -2.68. The normalized spacial score (nSPS) is 48.8. The van der Waals surface area contributed by atoms with Crippen molar-refractivity contribution in [2.75, 3.05) is 6.61 Å². The first-order valence-corrected chi connectivity index (χ1v) is 16.5. The lowest BCUT2D eigenvalue weighted by Crippen LogP contribution is -2.75. The van der Waals surface area contributed by atoms with Crippen LogP contribution in [0.25, 0.3) is 0 Å². The molecule has 7 N–H and O–H groups in total. The van der Waals surface area contributed by atoms with Crippen LogP contribution in [0.5, 0.6) is 0 Å². The highest BCUT2D eigenvalue weighted by atomic mass is 32.3. The fourth-order valence-electron chi connectivity index (χ4n) is 10.3. The largest absolute Gasteiger partial charge is 0.397 e. The van der Waals surface area contributed by atoms with E-state index in [9.17, 15) is 39.1 Å². The fourth-order valence-corrected chi connectivity index (χ4v) is 10.6. The molecule has 0 aliphatic heterocycles. The van der Waals surface area contributed by atoms with Gasteiger partial charge in [0.05, 0.1) is 42.2 Å². The molecule has 10 nitrogen and oxygen atoms in total. The van der Waals surface area contributed by atoms with Crippen molar-refractivity contribution in [2.45, 2.75) is 128 Å². The summed E-state index contributed by atoms with van der Waals surface area (Å²) in [5, 5.41) is 68.7. The van der Waals surface area contributed by atoms with Gasteiger partial charge in [0.1, 0.15) is 0 Å². The lowest BCUT2D eigenvalue weighted by molar-refractivity contribution is -0.315. The maximum absolute atomic E-state index is 12.4. The Kier molecular flexibility index (Phi) is 8.92. The maximum Gasteiger partial charge on any atom is 0.397 e. The van der Waals surface area contributed by atoms with Crippen molar-refractivity contribution in [1.82, 2.24) is 0 Å². The third-order valence-corrected chi connectivity index (χ3v) is 12.8. The van der Waals surface area contributed by atoms with Crippen molar-refractivity contribution in [2.24, 2.45) is 46.3 Å². The molecule has 4 fully saturated rings. The smallest absolute Gasteiger partial charge is 0.393 e. The van der Waals surface area contributed by atoms with Crippen LogP contribution in [-0.2, 0) is 14.6 Å². The van der Waals surface area contributed by atoms with E-state index in [4.69, 9.17) is 4.55 Å². The number of aliphatic hydroxyl groups is 6. The number of hydrogen-bond acceptors (Lipinski definition) is 9. The molecule has 0 aromatic carbocycles. The molecule has 0 heterocycles. The molecule has 0 spiro atoms. The Labute approximate surface area is 239 Å². The van der Waals surface area contributed by atoms with E-state index in [1.165, 1.54) is 0 Å². The molecule has 4 rings (SSSR count). The third-order valence-electron chi connectivity index (χ3n) is 12.3. The molecular weight excluding hydrogens is 540 g/mol. The molecule has 2 unspecified atom stereocenters. The zero-order chi connectivity index (χ0) is 30.1. The summed E-state index contributed by atoms with van der Waals surface area (Å²) in [6.45, 7) is 9.97. The quantitative estimate of drug-likeness (QED) is 0.195. The highest BCUT2D eigenvalue weighted by molar-refractivity contribution is 7.80. The molecule has 11 heteroatoms. The summed E-state index contributed by atoms with van der Waals surface area (Å²) in [5.41, 5.74) is -4.47. The minimum absolute atomic E-state index is 0.0191. The molecule has 0 radical (unpaired) electrons. The lowest BCUT2D eigenvalue weighted by atomic mass is 9.40. The number of aliphatic hydroxyl groups excluding tert-OH is 4. The van der Waals surface area contributed by atoms with Crippen LogP contribution in [0.1, 0.15) is 92.4 Å². The molecule has 4 aliphatic rings. The van der Waals surface area contributed by atoms with Crippen LogP contribution in [0.15, 0.2) is 0 Å². The van der Waals surface area contributed by atoms with Crippen LogP contribution in [-0.4, -0.2) is 85.8 Å². The molecule has 0 saturated heterocycles. The predicted molar refractivity (Wildman–Crippen MR) is 147 cm³/mol. The Bertz CT molecular complexity index is 1020. The molecule has 0 aromatic heterocycles. The van der Waals surface area contributed by atoms with Gasteiger partial charge >= 0.3 is 10.4 Å². The van der Waals surface area contributed by atoms with Gasteiger partial charge in [-0.15, -0.1) is 0 Å². The van der Waals surface area contributed by atoms with E-state index < -0.39 is 68.7 Å². The van der Waals surface area contributed by atoms with Gasteiger partial charge in [-0.05, 0) is 73.5 Å². The van der Waals surface area contributed by atoms with E-state index in [2.05, 4.69) is 11.1 Å². The summed E-state index contributed by atoms with van der Waals surface area (Å²) in [4.78, 5) is 0. The second-order valence-electron chi connectivity index (χ2n) is 14.6. The van der Waals surface area contributed by atoms with Crippen LogP contribution in [0, 0.1) is 46.3 Å². The van der Waals surface area contributed by atoms with Gasteiger partial charge in [-0.1, -0.05) is 41.0 Å². The summed E-state index contributed by atoms with van der Waals surface area (Å²) in [5.74, 6) is -1.04. The van der Waals surface area contributed by atoms with Crippen LogP contribution < -0.4 is 0 Å². The first-order chi connectivity index (χ1) is 18.3. The summed E-state index contributed by atoms with van der Waals surface area (Å²) in [6, 6.07) is 0. The molecule has 234 valence electrons. The molecule has 40 heavy (non-hydrogen) atoms. The minimum Gasteiger partial charge on any atom is -0.393 e. The van der Waals surface area contributed by atoms with E-state index in [0.717, 1.165) is 6.42 Å². The van der Waals surface area contributed by atoms with Gasteiger partial charge in [0.2, 0.25) is 0 Å². The SMILES string of the molecule is CC(C)[C@H](CCOS(=O)(=O)O)CC[C@H](C)[C@H]1[C@@H](O)[C@H](O)C2[C@]3(O)C[C@@H](O)[C@@]4(O)C[C@@H](O)CC[C@]4(C)C3CC[C@@]21C. The Morgan fingerprint density at radius 1 is 0.900 bits per heavy atom. The number of hydrogen-bond donors (Lipinski definition) is 7. The van der Waals surface area contributed by atoms with E-state index in [-0.39, 0.29) is 43.1 Å². The summed E-state index contributed by atoms with van der Waals surface area (Å²) in [6.07, 6.45) is -0.249. The Hall–Kier alpha value is -0.370. The van der Waals surface area contributed by atoms with Crippen molar-refractivity contribution in [3.63, 3.8) is 0 Å². The van der Waals surface area contributed by atoms with E-state index in [0.29, 0.717) is 38.5 Å². The van der Waals surface area contributed by atoms with Gasteiger partial charge in [0.15, 0.2) is 0 Å². The average Bonchev–Trinajstić information content (AvgIpc) is 3.02. The van der Waals surface area contributed by atoms with Crippen molar-refractivity contribution in [3.8, 4) is 0 Å². The van der Waals surface area contributed by atoms with Gasteiger partial charge in [-0.2, -0.15) is 8.42 Å². The standard InChI is InChI=1S/C29H52O10S/c1-16(2)18(10-13-39-40(36,37)38)7-6-17(3)22-23(32)24(33)25-26(22,4)11-9-20-27(5)12-8-19(30)14-29(27,35)21(31)15-28(20,25)34/h16-25,30-35H,6-15H2,1-5H3,(H,36,37,38)/t17-,18-,19-,20?,21+,22-,23+,24-,25?,26+,27+,28-,29-/m0/s1. The van der Waals surface area contributed by atoms with Crippen molar-refractivity contribution in [1.29, 1.82) is 0 Å². The zero-order valence-electron chi connectivity index (χ0n) is 24.6. The van der Waals surface area contributed by atoms with Gasteiger partial charge in [-0.25, -0.2) is 4.18 Å². The first-order valence-electron chi connectivity index (χ1n) is 15.1. The molecule has 0 bridgehead atoms. The van der Waals surface area contributed by atoms with Crippen molar-refractivity contribution in [3.05, 3.63) is 0 Å². The van der Waals surface area contributed by atoms with E-state index >= 15 is 0 Å². The molecule has 4 saturated carbocycles. The van der Waals surface area contributed by atoms with Gasteiger partial charge in [0.25, 0.3) is 0 Å². The second kappa shape index (κ2) is 11.0. The second-order valence-corrected chi connectivity index (χ2v) is 15.7. The fraction of sp³-hybridized carbons (Fsp3) is 1.00. The summed E-state index contributed by atoms with van der Waals surface area (Å²) in [7, 11) is -4.49. The molecular formula is C29H52O10S. The van der Waals surface area contributed by atoms with Crippen LogP contribution in [0.4, 0.5) is 0 Å². The maximum atomic E-state index is 12.4. The molecule has 0 aromatic rings. The summed E-state index contributed by atoms with van der Waals surface area (Å²) >= 11 is 0. The topological polar surface area (TPSA) is 185 Å². The van der Waals surface area contributed by atoms with Gasteiger partial charge in [-0.3, -0.25) is 4.55 Å². The Balaban J connectivity index is 1.55. The third kappa shape index (κ3) is 5.19. The first kappa shape index (κ1) is 32.5. The average molecular weight is 593 g/mol. The minimum atomic E-state index is -4.49. The highest BCUT2D eigenvalue weighted by Gasteiger charge is 2.75. The molecule has 0 amide bonds. The molecule has 13 atom stereocenters. The van der Waals surface area contributed by atoms with Crippen LogP contribution in [0.3, 0.4) is 0 Å². The summed E-state index contributed by atoms with van der Waals surface area (Å²) < 4.78 is 35.3. The van der Waals surface area contributed by atoms with Crippen LogP contribution in [0.2, 0.25) is 0 Å². The van der Waals surface area contributed by atoms with Crippen LogP contribution >= 0.6 is 0 Å². The monoisotopic (exact) mass is 592 g/mol. The van der Waals surface area contributed by atoms with Crippen molar-refractivity contribution < 1.29 is 47.8 Å². The Morgan fingerprint density at radius 2 is 1.55 bits per heavy atom. The van der Waals surface area contributed by atoms with Crippen molar-refractivity contribution >= 4 is 10.4 Å². The van der Waals surface area contributed by atoms with Gasteiger partial charge in [0, 0.05) is 24.2 Å². The zero-order valence-corrected chi connectivity index (χ0v) is 25.4. The predicted octanol–water partition coefficient (Wildman–Crippen LogP) is 2.05. The Morgan fingerprint density at radius 3 is 2.15 bits per heavy atom. The number of rotatable bonds is 9.